The number of nitrogens with one attached hydrogen (secondary N) is 1. The Labute approximate surface area is 113 Å². The fourth-order valence-corrected chi connectivity index (χ4v) is 1.43. The quantitative estimate of drug-likeness (QED) is 0.250. The number of nitrogens with two attached hydrogens (primary N) is 1. The Morgan fingerprint density at radius 3 is 2.60 bits per heavy atom. The predicted molar refractivity (Wildman–Crippen MR) is 67.5 cm³/mol. The molecule has 1 atom stereocenters. The maximum atomic E-state index is 11.3. The van der Waals surface area contributed by atoms with E-state index in [2.05, 4.69) is 0 Å². The Bertz CT molecular complexity index is 545. The summed E-state index contributed by atoms with van der Waals surface area (Å²) in [6.07, 6.45) is -0.656. The minimum atomic E-state index is -0.990. The molecule has 0 bridgehead atoms. The van der Waals surface area contributed by atoms with Gasteiger partial charge in [-0.2, -0.15) is 0 Å². The summed E-state index contributed by atoms with van der Waals surface area (Å²) < 4.78 is 10.2. The van der Waals surface area contributed by atoms with Crippen LogP contribution >= 0.6 is 0 Å². The van der Waals surface area contributed by atoms with E-state index >= 15 is 0 Å². The zero-order valence-electron chi connectivity index (χ0n) is 10.8. The third-order valence-electron chi connectivity index (χ3n) is 2.45. The van der Waals surface area contributed by atoms with Crippen LogP contribution < -0.4 is 20.7 Å². The van der Waals surface area contributed by atoms with Crippen molar-refractivity contribution >= 4 is 17.9 Å². The number of aldehydes is 1. The number of benzene rings is 1. The molecule has 0 aromatic heterocycles. The summed E-state index contributed by atoms with van der Waals surface area (Å²) in [5.74, 6) is 4.39. The van der Waals surface area contributed by atoms with Crippen LogP contribution in [0.15, 0.2) is 12.1 Å². The van der Waals surface area contributed by atoms with E-state index in [0.29, 0.717) is 6.29 Å². The Kier molecular flexibility index (Phi) is 4.98. The molecule has 9 nitrogen and oxygen atoms in total. The monoisotopic (exact) mass is 283 g/mol. The molecule has 0 aliphatic rings. The standard InChI is InChI=1S/C11H13N3O6/c1-6(11(16)13-12)20-10-4-8(14(17)18)7(5-15)3-9(10)19-2/h3-6H,12H2,1-2H3,(H,13,16). The second-order valence-corrected chi connectivity index (χ2v) is 3.71. The van der Waals surface area contributed by atoms with Crippen molar-refractivity contribution in [1.29, 1.82) is 0 Å². The summed E-state index contributed by atoms with van der Waals surface area (Å²) >= 11 is 0. The molecule has 1 aromatic carbocycles. The highest BCUT2D eigenvalue weighted by atomic mass is 16.6. The van der Waals surface area contributed by atoms with Crippen LogP contribution in [0.4, 0.5) is 5.69 Å². The lowest BCUT2D eigenvalue weighted by atomic mass is 10.1. The van der Waals surface area contributed by atoms with Gasteiger partial charge < -0.3 is 9.47 Å². The van der Waals surface area contributed by atoms with Crippen molar-refractivity contribution in [3.05, 3.63) is 27.8 Å². The Morgan fingerprint density at radius 1 is 1.50 bits per heavy atom. The first-order valence-electron chi connectivity index (χ1n) is 5.43. The van der Waals surface area contributed by atoms with E-state index < -0.39 is 22.6 Å². The molecule has 20 heavy (non-hydrogen) atoms. The second-order valence-electron chi connectivity index (χ2n) is 3.71. The van der Waals surface area contributed by atoms with Gasteiger partial charge in [0, 0.05) is 6.07 Å². The number of nitro benzene ring substituents is 1. The molecule has 1 rings (SSSR count). The fourth-order valence-electron chi connectivity index (χ4n) is 1.43. The van der Waals surface area contributed by atoms with Crippen LogP contribution in [0.25, 0.3) is 0 Å². The van der Waals surface area contributed by atoms with Crippen molar-refractivity contribution in [2.75, 3.05) is 7.11 Å². The molecular weight excluding hydrogens is 270 g/mol. The normalized spacial score (nSPS) is 11.3. The van der Waals surface area contributed by atoms with Crippen LogP contribution in [0.2, 0.25) is 0 Å². The molecule has 3 N–H and O–H groups in total. The van der Waals surface area contributed by atoms with Crippen molar-refractivity contribution in [2.45, 2.75) is 13.0 Å². The van der Waals surface area contributed by atoms with Crippen LogP contribution in [0, 0.1) is 10.1 Å². The number of carbonyl (C=O) groups excluding carboxylic acids is 2. The van der Waals surface area contributed by atoms with E-state index in [1.165, 1.54) is 14.0 Å². The molecule has 9 heteroatoms. The molecule has 0 aliphatic carbocycles. The van der Waals surface area contributed by atoms with Crippen molar-refractivity contribution in [3.8, 4) is 11.5 Å². The van der Waals surface area contributed by atoms with Gasteiger partial charge in [0.15, 0.2) is 23.9 Å². The Hall–Kier alpha value is -2.68. The highest BCUT2D eigenvalue weighted by molar-refractivity contribution is 5.84. The molecule has 1 amide bonds. The van der Waals surface area contributed by atoms with Crippen molar-refractivity contribution in [3.63, 3.8) is 0 Å². The topological polar surface area (TPSA) is 134 Å². The maximum Gasteiger partial charge on any atom is 0.283 e. The van der Waals surface area contributed by atoms with Crippen molar-refractivity contribution in [1.82, 2.24) is 5.43 Å². The first-order chi connectivity index (χ1) is 9.44. The van der Waals surface area contributed by atoms with Gasteiger partial charge in [-0.3, -0.25) is 25.1 Å². The third-order valence-corrected chi connectivity index (χ3v) is 2.45. The molecule has 1 unspecified atom stereocenters. The molecule has 0 aliphatic heterocycles. The van der Waals surface area contributed by atoms with Gasteiger partial charge in [0.05, 0.1) is 23.7 Å². The molecule has 1 aromatic rings. The summed E-state index contributed by atoms with van der Waals surface area (Å²) in [5, 5.41) is 10.9. The second kappa shape index (κ2) is 6.48. The lowest BCUT2D eigenvalue weighted by Crippen LogP contribution is -2.40. The number of hydrogen-bond donors (Lipinski definition) is 2. The smallest absolute Gasteiger partial charge is 0.283 e. The van der Waals surface area contributed by atoms with Gasteiger partial charge in [-0.15, -0.1) is 0 Å². The zero-order valence-corrected chi connectivity index (χ0v) is 10.8. The summed E-state index contributed by atoms with van der Waals surface area (Å²) in [6, 6.07) is 2.18. The minimum absolute atomic E-state index is 0.0408. The summed E-state index contributed by atoms with van der Waals surface area (Å²) in [6.45, 7) is 1.40. The molecule has 108 valence electrons. The number of hydrazine groups is 1. The largest absolute Gasteiger partial charge is 0.493 e. The lowest BCUT2D eigenvalue weighted by molar-refractivity contribution is -0.385. The SMILES string of the molecule is COc1cc(C=O)c([N+](=O)[O-])cc1OC(C)C(=O)NN. The molecule has 0 spiro atoms. The maximum absolute atomic E-state index is 11.3. The number of methoxy groups -OCH3 is 1. The van der Waals surface area contributed by atoms with Crippen LogP contribution in [-0.2, 0) is 4.79 Å². The Balaban J connectivity index is 3.24. The number of rotatable bonds is 6. The van der Waals surface area contributed by atoms with Crippen LogP contribution in [0.3, 0.4) is 0 Å². The van der Waals surface area contributed by atoms with Gasteiger partial charge >= 0.3 is 0 Å². The highest BCUT2D eigenvalue weighted by Gasteiger charge is 2.22. The lowest BCUT2D eigenvalue weighted by Gasteiger charge is -2.15. The summed E-state index contributed by atoms with van der Waals surface area (Å²) in [5.41, 5.74) is 1.28. The van der Waals surface area contributed by atoms with Gasteiger partial charge in [-0.25, -0.2) is 5.84 Å². The van der Waals surface area contributed by atoms with Crippen LogP contribution in [-0.4, -0.2) is 30.3 Å². The molecule has 0 radical (unpaired) electrons. The third kappa shape index (κ3) is 3.20. The van der Waals surface area contributed by atoms with E-state index in [1.54, 1.807) is 0 Å². The molecular formula is C11H13N3O6. The molecule has 0 heterocycles. The highest BCUT2D eigenvalue weighted by Crippen LogP contribution is 2.34. The van der Waals surface area contributed by atoms with Crippen molar-refractivity contribution in [2.24, 2.45) is 5.84 Å². The molecule has 0 saturated heterocycles. The number of nitro groups is 1. The van der Waals surface area contributed by atoms with Gasteiger partial charge in [0.2, 0.25) is 0 Å². The summed E-state index contributed by atoms with van der Waals surface area (Å²) in [7, 11) is 1.30. The average Bonchev–Trinajstić information content (AvgIpc) is 2.45. The fraction of sp³-hybridized carbons (Fsp3) is 0.273. The first kappa shape index (κ1) is 15.4. The molecule has 0 fully saturated rings. The minimum Gasteiger partial charge on any atom is -0.493 e. The van der Waals surface area contributed by atoms with E-state index in [1.807, 2.05) is 5.43 Å². The predicted octanol–water partition coefficient (Wildman–Crippen LogP) is 0.173. The summed E-state index contributed by atoms with van der Waals surface area (Å²) in [4.78, 5) is 32.2. The zero-order chi connectivity index (χ0) is 15.3. The van der Waals surface area contributed by atoms with Gasteiger partial charge in [0.25, 0.3) is 11.6 Å². The number of nitrogens with zero attached hydrogens (tertiary/aromatic N) is 1. The van der Waals surface area contributed by atoms with E-state index in [9.17, 15) is 19.7 Å². The van der Waals surface area contributed by atoms with E-state index in [0.717, 1.165) is 12.1 Å². The number of ether oxygens (including phenoxy) is 2. The van der Waals surface area contributed by atoms with Gasteiger partial charge in [-0.05, 0) is 6.92 Å². The van der Waals surface area contributed by atoms with E-state index in [4.69, 9.17) is 15.3 Å². The van der Waals surface area contributed by atoms with Crippen molar-refractivity contribution < 1.29 is 24.0 Å². The van der Waals surface area contributed by atoms with E-state index in [-0.39, 0.29) is 17.1 Å². The number of carbonyl (C=O) groups is 2. The number of amides is 1. The molecule has 0 saturated carbocycles. The van der Waals surface area contributed by atoms with Gasteiger partial charge in [0.1, 0.15) is 0 Å². The van der Waals surface area contributed by atoms with Crippen LogP contribution in [0.1, 0.15) is 17.3 Å². The average molecular weight is 283 g/mol. The van der Waals surface area contributed by atoms with Gasteiger partial charge in [-0.1, -0.05) is 0 Å². The van der Waals surface area contributed by atoms with Crippen LogP contribution in [0.5, 0.6) is 11.5 Å². The Morgan fingerprint density at radius 2 is 2.15 bits per heavy atom. The first-order valence-corrected chi connectivity index (χ1v) is 5.43. The number of hydrogen-bond acceptors (Lipinski definition) is 7.